The quantitative estimate of drug-likeness (QED) is 0.384. The molecule has 1 aliphatic rings. The maximum Gasteiger partial charge on any atom is 0.216 e. The molecule has 9 heavy (non-hydrogen) atoms. The average Bonchev–Trinajstić information content (AvgIpc) is 1.90. The van der Waals surface area contributed by atoms with E-state index in [1.54, 1.807) is 0 Å². The van der Waals surface area contributed by atoms with Crippen LogP contribution in [0.4, 0.5) is 0 Å². The van der Waals surface area contributed by atoms with E-state index in [-0.39, 0.29) is 6.10 Å². The Morgan fingerprint density at radius 2 is 2.56 bits per heavy atom. The second kappa shape index (κ2) is 3.40. The Hall–Kier alpha value is 0.215. The zero-order chi connectivity index (χ0) is 6.69. The van der Waals surface area contributed by atoms with E-state index < -0.39 is 8.03 Å². The molecule has 0 amide bonds. The van der Waals surface area contributed by atoms with Crippen LogP contribution in [0.2, 0.25) is 6.32 Å². The second-order valence-corrected chi connectivity index (χ2v) is 3.35. The predicted octanol–water partition coefficient (Wildman–Crippen LogP) is -0.115. The Labute approximate surface area is 56.0 Å². The molecule has 0 radical (unpaired) electrons. The largest absolute Gasteiger partial charge is 0.367 e. The van der Waals surface area contributed by atoms with Crippen LogP contribution < -0.4 is 0 Å². The monoisotopic (exact) mass is 148 g/mol. The van der Waals surface area contributed by atoms with Gasteiger partial charge in [-0.1, -0.05) is 6.32 Å². The second-order valence-electron chi connectivity index (χ2n) is 2.02. The molecule has 0 aliphatic carbocycles. The average molecular weight is 148 g/mol. The Kier molecular flexibility index (Phi) is 2.77. The van der Waals surface area contributed by atoms with Gasteiger partial charge in [0.15, 0.2) is 0 Å². The third-order valence-electron chi connectivity index (χ3n) is 1.32. The molecule has 0 N–H and O–H groups in total. The standard InChI is InChI=1S/C4H10BO3P/c5-1-4-2-8-9(6)3-7-4/h4,9H,1-3,5H2/t4-/m0/s1. The maximum atomic E-state index is 10.6. The Balaban J connectivity index is 2.26. The first kappa shape index (κ1) is 7.32. The minimum atomic E-state index is -1.81. The van der Waals surface area contributed by atoms with Gasteiger partial charge >= 0.3 is 0 Å². The Morgan fingerprint density at radius 1 is 1.78 bits per heavy atom. The van der Waals surface area contributed by atoms with E-state index in [0.29, 0.717) is 13.0 Å². The van der Waals surface area contributed by atoms with Gasteiger partial charge in [-0.25, -0.2) is 0 Å². The lowest BCUT2D eigenvalue weighted by atomic mass is 10.0. The molecule has 0 bridgehead atoms. The van der Waals surface area contributed by atoms with Crippen LogP contribution in [0.25, 0.3) is 0 Å². The summed E-state index contributed by atoms with van der Waals surface area (Å²) in [6, 6.07) is 0. The van der Waals surface area contributed by atoms with E-state index >= 15 is 0 Å². The molecule has 5 heteroatoms. The summed E-state index contributed by atoms with van der Waals surface area (Å²) in [5, 5.41) is 0. The molecule has 1 rings (SSSR count). The van der Waals surface area contributed by atoms with Crippen molar-refractivity contribution in [2.75, 3.05) is 13.0 Å². The van der Waals surface area contributed by atoms with Crippen LogP contribution in [0.5, 0.6) is 0 Å². The summed E-state index contributed by atoms with van der Waals surface area (Å²) in [5.41, 5.74) is 0. The highest BCUT2D eigenvalue weighted by molar-refractivity contribution is 7.38. The smallest absolute Gasteiger partial charge is 0.216 e. The highest BCUT2D eigenvalue weighted by Crippen LogP contribution is 2.28. The number of hydrogen-bond donors (Lipinski definition) is 0. The number of ether oxygens (including phenoxy) is 1. The van der Waals surface area contributed by atoms with E-state index in [1.807, 2.05) is 7.85 Å². The van der Waals surface area contributed by atoms with Crippen LogP contribution in [0.3, 0.4) is 0 Å². The molecular formula is C4H10BO3P. The van der Waals surface area contributed by atoms with Crippen LogP contribution >= 0.6 is 8.03 Å². The first-order valence-corrected chi connectivity index (χ1v) is 4.62. The van der Waals surface area contributed by atoms with Crippen molar-refractivity contribution in [3.8, 4) is 0 Å². The lowest BCUT2D eigenvalue weighted by Crippen LogP contribution is -2.21. The molecule has 52 valence electrons. The highest BCUT2D eigenvalue weighted by atomic mass is 31.1. The van der Waals surface area contributed by atoms with Crippen molar-refractivity contribution in [1.82, 2.24) is 0 Å². The van der Waals surface area contributed by atoms with Crippen LogP contribution in [-0.4, -0.2) is 26.9 Å². The van der Waals surface area contributed by atoms with E-state index in [9.17, 15) is 4.57 Å². The first-order chi connectivity index (χ1) is 4.33. The van der Waals surface area contributed by atoms with Crippen molar-refractivity contribution in [3.05, 3.63) is 0 Å². The van der Waals surface area contributed by atoms with Crippen LogP contribution in [0, 0.1) is 0 Å². The van der Waals surface area contributed by atoms with Gasteiger partial charge in [0.25, 0.3) is 0 Å². The predicted molar refractivity (Wildman–Crippen MR) is 38.0 cm³/mol. The molecule has 1 heterocycles. The topological polar surface area (TPSA) is 35.5 Å². The molecule has 0 aromatic carbocycles. The summed E-state index contributed by atoms with van der Waals surface area (Å²) in [5.74, 6) is 0. The van der Waals surface area contributed by atoms with Crippen molar-refractivity contribution in [2.45, 2.75) is 12.4 Å². The Bertz CT molecular complexity index is 108. The molecule has 0 aromatic rings. The van der Waals surface area contributed by atoms with Crippen LogP contribution in [0.1, 0.15) is 0 Å². The lowest BCUT2D eigenvalue weighted by Gasteiger charge is -2.20. The van der Waals surface area contributed by atoms with Crippen LogP contribution in [-0.2, 0) is 13.8 Å². The molecule has 1 aliphatic heterocycles. The Morgan fingerprint density at radius 3 is 3.00 bits per heavy atom. The normalized spacial score (nSPS) is 36.4. The maximum absolute atomic E-state index is 10.6. The number of hydrogen-bond acceptors (Lipinski definition) is 3. The zero-order valence-electron chi connectivity index (χ0n) is 5.42. The molecule has 0 saturated carbocycles. The minimum Gasteiger partial charge on any atom is -0.367 e. The van der Waals surface area contributed by atoms with Crippen molar-refractivity contribution in [1.29, 1.82) is 0 Å². The van der Waals surface area contributed by atoms with Gasteiger partial charge in [-0.05, 0) is 0 Å². The SMILES string of the molecule is BC[C@H]1CO[PH](=O)CO1. The summed E-state index contributed by atoms with van der Waals surface area (Å²) in [6.45, 7) is 0.508. The fourth-order valence-electron chi connectivity index (χ4n) is 0.697. The molecule has 2 atom stereocenters. The van der Waals surface area contributed by atoms with Gasteiger partial charge in [-0.2, -0.15) is 0 Å². The number of rotatable bonds is 1. The van der Waals surface area contributed by atoms with Gasteiger partial charge in [0, 0.05) is 0 Å². The van der Waals surface area contributed by atoms with Crippen molar-refractivity contribution >= 4 is 15.9 Å². The van der Waals surface area contributed by atoms with Gasteiger partial charge in [0.1, 0.15) is 14.2 Å². The van der Waals surface area contributed by atoms with E-state index in [0.717, 1.165) is 6.32 Å². The van der Waals surface area contributed by atoms with Crippen molar-refractivity contribution in [3.63, 3.8) is 0 Å². The van der Waals surface area contributed by atoms with Gasteiger partial charge in [0.05, 0.1) is 12.7 Å². The minimum absolute atomic E-state index is 0.174. The lowest BCUT2D eigenvalue weighted by molar-refractivity contribution is 0.0315. The molecule has 1 fully saturated rings. The molecular weight excluding hydrogens is 138 g/mol. The van der Waals surface area contributed by atoms with Gasteiger partial charge in [0.2, 0.25) is 8.03 Å². The van der Waals surface area contributed by atoms with Crippen LogP contribution in [0.15, 0.2) is 0 Å². The summed E-state index contributed by atoms with van der Waals surface area (Å²) >= 11 is 0. The van der Waals surface area contributed by atoms with Crippen molar-refractivity contribution in [2.24, 2.45) is 0 Å². The van der Waals surface area contributed by atoms with Gasteiger partial charge in [-0.15, -0.1) is 0 Å². The highest BCUT2D eigenvalue weighted by Gasteiger charge is 2.15. The molecule has 0 spiro atoms. The van der Waals surface area contributed by atoms with Gasteiger partial charge < -0.3 is 9.26 Å². The summed E-state index contributed by atoms with van der Waals surface area (Å²) < 4.78 is 20.6. The van der Waals surface area contributed by atoms with Gasteiger partial charge in [-0.3, -0.25) is 4.57 Å². The molecule has 1 unspecified atom stereocenters. The molecule has 1 saturated heterocycles. The van der Waals surface area contributed by atoms with Crippen molar-refractivity contribution < 1.29 is 13.8 Å². The third-order valence-corrected chi connectivity index (χ3v) is 2.21. The first-order valence-electron chi connectivity index (χ1n) is 3.10. The fraction of sp³-hybridized carbons (Fsp3) is 1.00. The summed E-state index contributed by atoms with van der Waals surface area (Å²) in [6.07, 6.45) is 1.42. The fourth-order valence-corrected chi connectivity index (χ4v) is 1.52. The molecule has 3 nitrogen and oxygen atoms in total. The van der Waals surface area contributed by atoms with E-state index in [4.69, 9.17) is 9.26 Å². The summed E-state index contributed by atoms with van der Waals surface area (Å²) in [7, 11) is 0.217. The van der Waals surface area contributed by atoms with E-state index in [1.165, 1.54) is 0 Å². The van der Waals surface area contributed by atoms with E-state index in [2.05, 4.69) is 0 Å². The third kappa shape index (κ3) is 2.13. The molecule has 0 aromatic heterocycles. The summed E-state index contributed by atoms with van der Waals surface area (Å²) in [4.78, 5) is 0. The zero-order valence-corrected chi connectivity index (χ0v) is 6.42.